The number of urea groups is 1. The molecular weight excluding hydrogens is 673 g/mol. The highest BCUT2D eigenvalue weighted by atomic mass is 127. The van der Waals surface area contributed by atoms with Crippen LogP contribution in [0.2, 0.25) is 5.02 Å². The molecule has 3 amide bonds. The monoisotopic (exact) mass is 688 g/mol. The molecule has 33 heavy (non-hydrogen) atoms. The zero-order chi connectivity index (χ0) is 23.5. The van der Waals surface area contributed by atoms with Gasteiger partial charge in [0.15, 0.2) is 0 Å². The SMILES string of the molecule is O=C1N/C(=C/c2cc(I)c(OCc3ccc(Cl)cc3)c(I)c2)C(=O)N1Cc1ccccc1F. The summed E-state index contributed by atoms with van der Waals surface area (Å²) in [5, 5.41) is 3.24. The van der Waals surface area contributed by atoms with E-state index in [1.165, 1.54) is 6.07 Å². The number of ether oxygens (including phenoxy) is 1. The van der Waals surface area contributed by atoms with Crippen LogP contribution < -0.4 is 10.1 Å². The molecule has 0 bridgehead atoms. The van der Waals surface area contributed by atoms with E-state index < -0.39 is 17.8 Å². The maximum Gasteiger partial charge on any atom is 0.329 e. The number of benzene rings is 3. The van der Waals surface area contributed by atoms with Crippen LogP contribution in [0.15, 0.2) is 66.4 Å². The fourth-order valence-corrected chi connectivity index (χ4v) is 5.47. The van der Waals surface area contributed by atoms with Crippen LogP contribution >= 0.6 is 56.8 Å². The van der Waals surface area contributed by atoms with Gasteiger partial charge in [-0.3, -0.25) is 9.69 Å². The van der Waals surface area contributed by atoms with Gasteiger partial charge in [-0.1, -0.05) is 41.9 Å². The van der Waals surface area contributed by atoms with Crippen molar-refractivity contribution in [2.75, 3.05) is 0 Å². The van der Waals surface area contributed by atoms with Crippen molar-refractivity contribution in [3.8, 4) is 5.75 Å². The number of hydrogen-bond donors (Lipinski definition) is 1. The van der Waals surface area contributed by atoms with E-state index in [0.29, 0.717) is 11.6 Å². The first-order valence-electron chi connectivity index (χ1n) is 9.76. The fraction of sp³-hybridized carbons (Fsp3) is 0.0833. The number of hydrogen-bond acceptors (Lipinski definition) is 3. The van der Waals surface area contributed by atoms with Crippen molar-refractivity contribution in [3.05, 3.63) is 101 Å². The van der Waals surface area contributed by atoms with E-state index in [2.05, 4.69) is 50.5 Å². The first-order valence-corrected chi connectivity index (χ1v) is 12.3. The smallest absolute Gasteiger partial charge is 0.329 e. The Morgan fingerprint density at radius 3 is 2.36 bits per heavy atom. The molecule has 168 valence electrons. The molecule has 3 aromatic rings. The van der Waals surface area contributed by atoms with Crippen molar-refractivity contribution < 1.29 is 18.7 Å². The highest BCUT2D eigenvalue weighted by Gasteiger charge is 2.34. The lowest BCUT2D eigenvalue weighted by molar-refractivity contribution is -0.123. The van der Waals surface area contributed by atoms with Gasteiger partial charge in [-0.25, -0.2) is 9.18 Å². The van der Waals surface area contributed by atoms with Gasteiger partial charge in [-0.2, -0.15) is 0 Å². The quantitative estimate of drug-likeness (QED) is 0.187. The minimum Gasteiger partial charge on any atom is -0.487 e. The van der Waals surface area contributed by atoms with Crippen LogP contribution in [0.3, 0.4) is 0 Å². The Morgan fingerprint density at radius 2 is 1.70 bits per heavy atom. The summed E-state index contributed by atoms with van der Waals surface area (Å²) in [5.74, 6) is -0.235. The van der Waals surface area contributed by atoms with Gasteiger partial charge < -0.3 is 10.1 Å². The van der Waals surface area contributed by atoms with E-state index in [1.54, 1.807) is 24.3 Å². The summed E-state index contributed by atoms with van der Waals surface area (Å²) in [6.07, 6.45) is 1.61. The molecule has 0 radical (unpaired) electrons. The van der Waals surface area contributed by atoms with Gasteiger partial charge in [0, 0.05) is 10.6 Å². The number of imide groups is 1. The van der Waals surface area contributed by atoms with Crippen LogP contribution in [-0.4, -0.2) is 16.8 Å². The van der Waals surface area contributed by atoms with E-state index in [9.17, 15) is 14.0 Å². The molecule has 0 aliphatic carbocycles. The van der Waals surface area contributed by atoms with Crippen molar-refractivity contribution in [1.82, 2.24) is 10.2 Å². The number of carbonyl (C=O) groups excluding carboxylic acids is 2. The van der Waals surface area contributed by atoms with E-state index in [-0.39, 0.29) is 17.8 Å². The Labute approximate surface area is 222 Å². The van der Waals surface area contributed by atoms with Gasteiger partial charge in [-0.15, -0.1) is 0 Å². The zero-order valence-corrected chi connectivity index (χ0v) is 22.0. The first-order chi connectivity index (χ1) is 15.8. The molecule has 1 aliphatic rings. The molecule has 1 saturated heterocycles. The van der Waals surface area contributed by atoms with Crippen LogP contribution in [0.1, 0.15) is 16.7 Å². The molecule has 9 heteroatoms. The van der Waals surface area contributed by atoms with Gasteiger partial charge in [0.05, 0.1) is 13.7 Å². The fourth-order valence-electron chi connectivity index (χ4n) is 3.22. The molecule has 0 spiro atoms. The van der Waals surface area contributed by atoms with Crippen molar-refractivity contribution >= 4 is 74.8 Å². The molecule has 1 N–H and O–H groups in total. The first kappa shape index (κ1) is 24.0. The molecule has 0 atom stereocenters. The predicted molar refractivity (Wildman–Crippen MR) is 141 cm³/mol. The maximum atomic E-state index is 14.0. The zero-order valence-electron chi connectivity index (χ0n) is 16.9. The second-order valence-electron chi connectivity index (χ2n) is 7.20. The Bertz CT molecular complexity index is 1240. The lowest BCUT2D eigenvalue weighted by atomic mass is 10.1. The van der Waals surface area contributed by atoms with Crippen LogP contribution in [0.5, 0.6) is 5.75 Å². The van der Waals surface area contributed by atoms with Gasteiger partial charge in [0.1, 0.15) is 23.9 Å². The maximum absolute atomic E-state index is 14.0. The summed E-state index contributed by atoms with van der Waals surface area (Å²) >= 11 is 10.3. The van der Waals surface area contributed by atoms with E-state index in [1.807, 2.05) is 36.4 Å². The average Bonchev–Trinajstić information content (AvgIpc) is 3.03. The highest BCUT2D eigenvalue weighted by Crippen LogP contribution is 2.31. The minimum atomic E-state index is -0.582. The van der Waals surface area contributed by atoms with E-state index in [4.69, 9.17) is 16.3 Å². The van der Waals surface area contributed by atoms with Crippen LogP contribution in [0.25, 0.3) is 6.08 Å². The summed E-state index contributed by atoms with van der Waals surface area (Å²) in [5.41, 5.74) is 2.14. The predicted octanol–water partition coefficient (Wildman–Crippen LogP) is 6.36. The van der Waals surface area contributed by atoms with Crippen LogP contribution in [-0.2, 0) is 17.9 Å². The lowest BCUT2D eigenvalue weighted by Crippen LogP contribution is -2.30. The van der Waals surface area contributed by atoms with Crippen molar-refractivity contribution in [2.24, 2.45) is 0 Å². The number of rotatable bonds is 6. The summed E-state index contributed by atoms with van der Waals surface area (Å²) in [7, 11) is 0. The number of nitrogens with one attached hydrogen (secondary N) is 1. The summed E-state index contributed by atoms with van der Waals surface area (Å²) in [6.45, 7) is 0.254. The molecular formula is C24H16ClFI2N2O3. The number of amides is 3. The lowest BCUT2D eigenvalue weighted by Gasteiger charge is -2.12. The van der Waals surface area contributed by atoms with E-state index >= 15 is 0 Å². The average molecular weight is 689 g/mol. The van der Waals surface area contributed by atoms with E-state index in [0.717, 1.165) is 28.9 Å². The Balaban J connectivity index is 1.50. The molecule has 1 fully saturated rings. The standard InChI is InChI=1S/C24H16ClFI2N2O3/c25-17-7-5-14(6-8-17)13-33-22-19(27)9-15(10-20(22)28)11-21-23(31)30(24(32)29-21)12-16-3-1-2-4-18(16)26/h1-11H,12-13H2,(H,29,32)/b21-11+. The molecule has 3 aromatic carbocycles. The van der Waals surface area contributed by atoms with Gasteiger partial charge in [0.2, 0.25) is 0 Å². The molecule has 1 heterocycles. The third-order valence-corrected chi connectivity index (χ3v) is 6.73. The number of halogens is 4. The van der Waals surface area contributed by atoms with Crippen molar-refractivity contribution in [2.45, 2.75) is 13.2 Å². The third-order valence-electron chi connectivity index (χ3n) is 4.88. The molecule has 4 rings (SSSR count). The van der Waals surface area contributed by atoms with Gasteiger partial charge in [0.25, 0.3) is 5.91 Å². The summed E-state index contributed by atoms with van der Waals surface area (Å²) in [4.78, 5) is 26.1. The molecule has 0 saturated carbocycles. The molecule has 1 aliphatic heterocycles. The second kappa shape index (κ2) is 10.4. The van der Waals surface area contributed by atoms with Crippen LogP contribution in [0.4, 0.5) is 9.18 Å². The molecule has 0 aromatic heterocycles. The Hall–Kier alpha value is -2.18. The molecule has 5 nitrogen and oxygen atoms in total. The summed E-state index contributed by atoms with van der Waals surface area (Å²) < 4.78 is 21.7. The minimum absolute atomic E-state index is 0.137. The summed E-state index contributed by atoms with van der Waals surface area (Å²) in [6, 6.07) is 16.7. The van der Waals surface area contributed by atoms with Gasteiger partial charge in [-0.05, 0) is 92.7 Å². The highest BCUT2D eigenvalue weighted by molar-refractivity contribution is 14.1. The van der Waals surface area contributed by atoms with Crippen molar-refractivity contribution in [3.63, 3.8) is 0 Å². The largest absolute Gasteiger partial charge is 0.487 e. The van der Waals surface area contributed by atoms with Crippen LogP contribution in [0, 0.1) is 13.0 Å². The topological polar surface area (TPSA) is 58.6 Å². The number of nitrogens with zero attached hydrogens (tertiary/aromatic N) is 1. The third kappa shape index (κ3) is 5.67. The molecule has 0 unspecified atom stereocenters. The number of carbonyl (C=O) groups is 2. The second-order valence-corrected chi connectivity index (χ2v) is 9.96. The Kier molecular flexibility index (Phi) is 7.55. The van der Waals surface area contributed by atoms with Crippen molar-refractivity contribution in [1.29, 1.82) is 0 Å². The Morgan fingerprint density at radius 1 is 1.03 bits per heavy atom. The normalized spacial score (nSPS) is 14.7. The van der Waals surface area contributed by atoms with Gasteiger partial charge >= 0.3 is 6.03 Å².